The van der Waals surface area contributed by atoms with Crippen LogP contribution >= 0.6 is 12.4 Å². The van der Waals surface area contributed by atoms with Gasteiger partial charge in [0, 0.05) is 37.3 Å². The zero-order valence-corrected chi connectivity index (χ0v) is 14.7. The standard InChI is InChI=1S/C19H21N3O2.ClH/c20-17-9-7-14(8-10-17)19(24)21-12-15-4-1-2-5-16(15)13-22-11-3-6-18(22)23;/h1-2,4-5,7-10H,3,6,11-13,20H2,(H,21,24);1H. The van der Waals surface area contributed by atoms with Crippen LogP contribution < -0.4 is 11.1 Å². The van der Waals surface area contributed by atoms with Gasteiger partial charge in [-0.1, -0.05) is 24.3 Å². The molecule has 25 heavy (non-hydrogen) atoms. The molecule has 0 unspecified atom stereocenters. The summed E-state index contributed by atoms with van der Waals surface area (Å²) in [5.74, 6) is 0.0674. The van der Waals surface area contributed by atoms with Crippen LogP contribution in [0.15, 0.2) is 48.5 Å². The smallest absolute Gasteiger partial charge is 0.251 e. The van der Waals surface area contributed by atoms with Crippen molar-refractivity contribution < 1.29 is 9.59 Å². The van der Waals surface area contributed by atoms with Crippen LogP contribution in [0.3, 0.4) is 0 Å². The minimum absolute atomic E-state index is 0. The molecule has 0 aliphatic carbocycles. The summed E-state index contributed by atoms with van der Waals surface area (Å²) in [5, 5.41) is 2.93. The van der Waals surface area contributed by atoms with Crippen LogP contribution in [-0.2, 0) is 17.9 Å². The third-order valence-electron chi connectivity index (χ3n) is 4.26. The lowest BCUT2D eigenvalue weighted by atomic mass is 10.1. The van der Waals surface area contributed by atoms with Crippen molar-refractivity contribution in [2.45, 2.75) is 25.9 Å². The largest absolute Gasteiger partial charge is 0.399 e. The lowest BCUT2D eigenvalue weighted by Crippen LogP contribution is -2.26. The number of hydrogen-bond acceptors (Lipinski definition) is 3. The van der Waals surface area contributed by atoms with Crippen LogP contribution in [0.1, 0.15) is 34.3 Å². The molecule has 0 atom stereocenters. The maximum atomic E-state index is 12.2. The Morgan fingerprint density at radius 2 is 1.76 bits per heavy atom. The van der Waals surface area contributed by atoms with Gasteiger partial charge in [-0.2, -0.15) is 0 Å². The zero-order valence-electron chi connectivity index (χ0n) is 13.9. The number of hydrogen-bond donors (Lipinski definition) is 2. The monoisotopic (exact) mass is 359 g/mol. The van der Waals surface area contributed by atoms with Gasteiger partial charge < -0.3 is 16.0 Å². The second-order valence-corrected chi connectivity index (χ2v) is 5.99. The minimum atomic E-state index is -0.137. The van der Waals surface area contributed by atoms with E-state index >= 15 is 0 Å². The second-order valence-electron chi connectivity index (χ2n) is 5.99. The molecule has 6 heteroatoms. The molecule has 2 aromatic rings. The van der Waals surface area contributed by atoms with E-state index in [1.807, 2.05) is 29.2 Å². The number of anilines is 1. The first-order valence-corrected chi connectivity index (χ1v) is 8.12. The maximum Gasteiger partial charge on any atom is 0.251 e. The minimum Gasteiger partial charge on any atom is -0.399 e. The highest BCUT2D eigenvalue weighted by molar-refractivity contribution is 5.94. The number of nitrogens with two attached hydrogens (primary N) is 1. The van der Waals surface area contributed by atoms with E-state index in [4.69, 9.17) is 5.73 Å². The Labute approximate surface area is 153 Å². The third-order valence-corrected chi connectivity index (χ3v) is 4.26. The lowest BCUT2D eigenvalue weighted by molar-refractivity contribution is -0.128. The van der Waals surface area contributed by atoms with Crippen LogP contribution in [-0.4, -0.2) is 23.3 Å². The van der Waals surface area contributed by atoms with Crippen LogP contribution in [0.5, 0.6) is 0 Å². The molecular weight excluding hydrogens is 338 g/mol. The van der Waals surface area contributed by atoms with Gasteiger partial charge >= 0.3 is 0 Å². The number of nitrogens with one attached hydrogen (secondary N) is 1. The second kappa shape index (κ2) is 8.53. The number of carbonyl (C=O) groups excluding carboxylic acids is 2. The average Bonchev–Trinajstić information content (AvgIpc) is 2.99. The van der Waals surface area contributed by atoms with Gasteiger partial charge in [-0.05, 0) is 41.8 Å². The highest BCUT2D eigenvalue weighted by Gasteiger charge is 2.20. The number of amides is 2. The molecule has 2 amide bonds. The predicted molar refractivity (Wildman–Crippen MR) is 100 cm³/mol. The number of carbonyl (C=O) groups is 2. The van der Waals surface area contributed by atoms with Crippen LogP contribution in [0.2, 0.25) is 0 Å². The van der Waals surface area contributed by atoms with Gasteiger partial charge in [-0.25, -0.2) is 0 Å². The van der Waals surface area contributed by atoms with Gasteiger partial charge in [-0.15, -0.1) is 12.4 Å². The molecule has 3 rings (SSSR count). The van der Waals surface area contributed by atoms with Crippen molar-refractivity contribution in [1.29, 1.82) is 0 Å². The number of nitrogens with zero attached hydrogens (tertiary/aromatic N) is 1. The van der Waals surface area contributed by atoms with Gasteiger partial charge in [0.25, 0.3) is 5.91 Å². The predicted octanol–water partition coefficient (Wildman–Crippen LogP) is 2.74. The fourth-order valence-electron chi connectivity index (χ4n) is 2.87. The van der Waals surface area contributed by atoms with Crippen molar-refractivity contribution in [3.05, 3.63) is 65.2 Å². The third kappa shape index (κ3) is 4.73. The number of nitrogen functional groups attached to an aromatic ring is 1. The Morgan fingerprint density at radius 3 is 2.40 bits per heavy atom. The summed E-state index contributed by atoms with van der Waals surface area (Å²) < 4.78 is 0. The molecule has 0 aromatic heterocycles. The summed E-state index contributed by atoms with van der Waals surface area (Å²) in [6.07, 6.45) is 1.56. The number of halogens is 1. The number of benzene rings is 2. The van der Waals surface area contributed by atoms with E-state index in [9.17, 15) is 9.59 Å². The van der Waals surface area contributed by atoms with Gasteiger partial charge in [-0.3, -0.25) is 9.59 Å². The first kappa shape index (κ1) is 18.8. The average molecular weight is 360 g/mol. The summed E-state index contributed by atoms with van der Waals surface area (Å²) in [6.45, 7) is 1.85. The highest BCUT2D eigenvalue weighted by Crippen LogP contribution is 2.17. The molecular formula is C19H22ClN3O2. The van der Waals surface area contributed by atoms with Gasteiger partial charge in [0.15, 0.2) is 0 Å². The molecule has 2 aromatic carbocycles. The maximum absolute atomic E-state index is 12.2. The molecule has 132 valence electrons. The van der Waals surface area contributed by atoms with Crippen molar-refractivity contribution >= 4 is 29.9 Å². The van der Waals surface area contributed by atoms with Crippen molar-refractivity contribution in [2.24, 2.45) is 0 Å². The summed E-state index contributed by atoms with van der Waals surface area (Å²) in [4.78, 5) is 25.9. The van der Waals surface area contributed by atoms with Crippen LogP contribution in [0.4, 0.5) is 5.69 Å². The van der Waals surface area contributed by atoms with Crippen LogP contribution in [0.25, 0.3) is 0 Å². The van der Waals surface area contributed by atoms with E-state index < -0.39 is 0 Å². The lowest BCUT2D eigenvalue weighted by Gasteiger charge is -2.18. The highest BCUT2D eigenvalue weighted by atomic mass is 35.5. The molecule has 0 radical (unpaired) electrons. The number of rotatable bonds is 5. The van der Waals surface area contributed by atoms with E-state index in [0.29, 0.717) is 30.8 Å². The van der Waals surface area contributed by atoms with E-state index in [1.54, 1.807) is 24.3 Å². The van der Waals surface area contributed by atoms with Crippen molar-refractivity contribution in [1.82, 2.24) is 10.2 Å². The zero-order chi connectivity index (χ0) is 16.9. The Hall–Kier alpha value is -2.53. The van der Waals surface area contributed by atoms with E-state index in [1.165, 1.54) is 0 Å². The van der Waals surface area contributed by atoms with Crippen molar-refractivity contribution in [3.63, 3.8) is 0 Å². The number of likely N-dealkylation sites (tertiary alicyclic amines) is 1. The molecule has 3 N–H and O–H groups in total. The van der Waals surface area contributed by atoms with Gasteiger partial charge in [0.1, 0.15) is 0 Å². The molecule has 1 heterocycles. The summed E-state index contributed by atoms with van der Waals surface area (Å²) in [6, 6.07) is 14.7. The SMILES string of the molecule is Cl.Nc1ccc(C(=O)NCc2ccccc2CN2CCCC2=O)cc1. The molecule has 0 saturated carbocycles. The molecule has 1 saturated heterocycles. The van der Waals surface area contributed by atoms with E-state index in [0.717, 1.165) is 24.1 Å². The Morgan fingerprint density at radius 1 is 1.08 bits per heavy atom. The van der Waals surface area contributed by atoms with Gasteiger partial charge in [0.2, 0.25) is 5.91 Å². The van der Waals surface area contributed by atoms with Crippen molar-refractivity contribution in [2.75, 3.05) is 12.3 Å². The Bertz CT molecular complexity index is 747. The summed E-state index contributed by atoms with van der Waals surface area (Å²) in [7, 11) is 0. The molecule has 0 bridgehead atoms. The summed E-state index contributed by atoms with van der Waals surface area (Å²) in [5.41, 5.74) is 8.95. The molecule has 1 aliphatic heterocycles. The van der Waals surface area contributed by atoms with Crippen molar-refractivity contribution in [3.8, 4) is 0 Å². The topological polar surface area (TPSA) is 75.4 Å². The molecule has 5 nitrogen and oxygen atoms in total. The normalized spacial score (nSPS) is 13.4. The van der Waals surface area contributed by atoms with Crippen LogP contribution in [0, 0.1) is 0 Å². The summed E-state index contributed by atoms with van der Waals surface area (Å²) >= 11 is 0. The Kier molecular flexibility index (Phi) is 6.42. The molecule has 0 spiro atoms. The fourth-order valence-corrected chi connectivity index (χ4v) is 2.87. The molecule has 1 aliphatic rings. The van der Waals surface area contributed by atoms with Gasteiger partial charge in [0.05, 0.1) is 0 Å². The molecule has 1 fully saturated rings. The fraction of sp³-hybridized carbons (Fsp3) is 0.263. The first-order valence-electron chi connectivity index (χ1n) is 8.12. The first-order chi connectivity index (χ1) is 11.6. The Balaban J connectivity index is 0.00000225. The van der Waals surface area contributed by atoms with E-state index in [-0.39, 0.29) is 24.2 Å². The van der Waals surface area contributed by atoms with E-state index in [2.05, 4.69) is 5.32 Å². The quantitative estimate of drug-likeness (QED) is 0.806.